The quantitative estimate of drug-likeness (QED) is 0.850. The monoisotopic (exact) mass is 248 g/mol. The third-order valence-corrected chi connectivity index (χ3v) is 3.73. The first-order valence-corrected chi connectivity index (χ1v) is 6.57. The predicted molar refractivity (Wildman–Crippen MR) is 69.9 cm³/mol. The standard InChI is InChI=1S/C14H20N2O2/c15-12-6-7-16-9-11(12)8-13(17)14(18)10-4-2-1-3-5-10/h6-7,9-10,14,18H,1-5,8H2,(H2,15,16). The molecule has 0 spiro atoms. The van der Waals surface area contributed by atoms with Gasteiger partial charge in [-0.2, -0.15) is 0 Å². The number of pyridine rings is 1. The molecule has 1 aromatic heterocycles. The lowest BCUT2D eigenvalue weighted by Gasteiger charge is -2.25. The zero-order chi connectivity index (χ0) is 13.0. The number of ketones is 1. The van der Waals surface area contributed by atoms with Gasteiger partial charge in [0.1, 0.15) is 6.10 Å². The minimum Gasteiger partial charge on any atom is -0.398 e. The number of rotatable bonds is 4. The van der Waals surface area contributed by atoms with Gasteiger partial charge in [0.25, 0.3) is 0 Å². The number of carbonyl (C=O) groups excluding carboxylic acids is 1. The normalized spacial score (nSPS) is 18.5. The maximum atomic E-state index is 12.0. The van der Waals surface area contributed by atoms with E-state index >= 15 is 0 Å². The van der Waals surface area contributed by atoms with E-state index in [-0.39, 0.29) is 18.1 Å². The summed E-state index contributed by atoms with van der Waals surface area (Å²) in [5.74, 6) is -0.00857. The van der Waals surface area contributed by atoms with Crippen molar-refractivity contribution in [1.29, 1.82) is 0 Å². The molecule has 0 radical (unpaired) electrons. The summed E-state index contributed by atoms with van der Waals surface area (Å²) >= 11 is 0. The second kappa shape index (κ2) is 5.96. The van der Waals surface area contributed by atoms with Crippen LogP contribution in [0, 0.1) is 5.92 Å². The van der Waals surface area contributed by atoms with Gasteiger partial charge < -0.3 is 10.8 Å². The first-order chi connectivity index (χ1) is 8.68. The van der Waals surface area contributed by atoms with E-state index in [1.807, 2.05) is 0 Å². The Bertz CT molecular complexity index is 414. The maximum Gasteiger partial charge on any atom is 0.166 e. The Hall–Kier alpha value is -1.42. The smallest absolute Gasteiger partial charge is 0.166 e. The number of anilines is 1. The molecule has 1 aliphatic carbocycles. The molecule has 98 valence electrons. The van der Waals surface area contributed by atoms with Crippen LogP contribution in [0.1, 0.15) is 37.7 Å². The third-order valence-electron chi connectivity index (χ3n) is 3.73. The van der Waals surface area contributed by atoms with E-state index in [4.69, 9.17) is 5.73 Å². The fraction of sp³-hybridized carbons (Fsp3) is 0.571. The Morgan fingerprint density at radius 1 is 1.44 bits per heavy atom. The van der Waals surface area contributed by atoms with Crippen molar-refractivity contribution in [2.75, 3.05) is 5.73 Å². The molecule has 18 heavy (non-hydrogen) atoms. The van der Waals surface area contributed by atoms with Crippen molar-refractivity contribution < 1.29 is 9.90 Å². The number of hydrogen-bond donors (Lipinski definition) is 2. The molecular formula is C14H20N2O2. The maximum absolute atomic E-state index is 12.0. The van der Waals surface area contributed by atoms with Gasteiger partial charge in [-0.3, -0.25) is 9.78 Å². The highest BCUT2D eigenvalue weighted by molar-refractivity contribution is 5.86. The van der Waals surface area contributed by atoms with Gasteiger partial charge in [0.2, 0.25) is 0 Å². The van der Waals surface area contributed by atoms with Crippen molar-refractivity contribution in [1.82, 2.24) is 4.98 Å². The van der Waals surface area contributed by atoms with E-state index in [2.05, 4.69) is 4.98 Å². The summed E-state index contributed by atoms with van der Waals surface area (Å²) in [5.41, 5.74) is 7.04. The summed E-state index contributed by atoms with van der Waals surface area (Å²) in [6.07, 6.45) is 7.88. The third kappa shape index (κ3) is 3.07. The Balaban J connectivity index is 1.97. The van der Waals surface area contributed by atoms with E-state index in [9.17, 15) is 9.90 Å². The van der Waals surface area contributed by atoms with Crippen LogP contribution in [-0.2, 0) is 11.2 Å². The van der Waals surface area contributed by atoms with Gasteiger partial charge in [-0.1, -0.05) is 19.3 Å². The number of hydrogen-bond acceptors (Lipinski definition) is 4. The van der Waals surface area contributed by atoms with Gasteiger partial charge in [0.05, 0.1) is 0 Å². The molecule has 1 atom stereocenters. The molecule has 4 nitrogen and oxygen atoms in total. The predicted octanol–water partition coefficient (Wildman–Crippen LogP) is 1.72. The Kier molecular flexibility index (Phi) is 4.31. The fourth-order valence-electron chi connectivity index (χ4n) is 2.59. The number of Topliss-reactive ketones (excluding diaryl/α,β-unsaturated/α-hetero) is 1. The van der Waals surface area contributed by atoms with Gasteiger partial charge in [-0.05, 0) is 24.8 Å². The van der Waals surface area contributed by atoms with Crippen molar-refractivity contribution >= 4 is 11.5 Å². The average Bonchev–Trinajstić information content (AvgIpc) is 2.41. The fourth-order valence-corrected chi connectivity index (χ4v) is 2.59. The Labute approximate surface area is 107 Å². The van der Waals surface area contributed by atoms with Crippen LogP contribution in [0.15, 0.2) is 18.5 Å². The second-order valence-electron chi connectivity index (χ2n) is 5.06. The van der Waals surface area contributed by atoms with Gasteiger partial charge >= 0.3 is 0 Å². The number of nitrogens with zero attached hydrogens (tertiary/aromatic N) is 1. The first kappa shape index (κ1) is 13.0. The van der Waals surface area contributed by atoms with Gasteiger partial charge in [0.15, 0.2) is 5.78 Å². The minimum absolute atomic E-state index is 0.129. The highest BCUT2D eigenvalue weighted by Gasteiger charge is 2.27. The molecule has 0 aliphatic heterocycles. The summed E-state index contributed by atoms with van der Waals surface area (Å²) in [5, 5.41) is 10.1. The van der Waals surface area contributed by atoms with Crippen LogP contribution in [0.2, 0.25) is 0 Å². The van der Waals surface area contributed by atoms with E-state index in [1.54, 1.807) is 18.5 Å². The molecule has 1 fully saturated rings. The first-order valence-electron chi connectivity index (χ1n) is 6.57. The summed E-state index contributed by atoms with van der Waals surface area (Å²) < 4.78 is 0. The van der Waals surface area contributed by atoms with Gasteiger partial charge in [-0.15, -0.1) is 0 Å². The Morgan fingerprint density at radius 3 is 2.83 bits per heavy atom. The van der Waals surface area contributed by atoms with Gasteiger partial charge in [-0.25, -0.2) is 0 Å². The second-order valence-corrected chi connectivity index (χ2v) is 5.06. The lowest BCUT2D eigenvalue weighted by molar-refractivity contribution is -0.129. The van der Waals surface area contributed by atoms with Crippen molar-refractivity contribution in [3.05, 3.63) is 24.0 Å². The summed E-state index contributed by atoms with van der Waals surface area (Å²) in [6.45, 7) is 0. The number of nitrogen functional groups attached to an aromatic ring is 1. The largest absolute Gasteiger partial charge is 0.398 e. The molecule has 2 rings (SSSR count). The van der Waals surface area contributed by atoms with Crippen LogP contribution in [-0.4, -0.2) is 22.0 Å². The van der Waals surface area contributed by atoms with E-state index in [1.165, 1.54) is 6.42 Å². The molecule has 4 heteroatoms. The number of aromatic nitrogens is 1. The van der Waals surface area contributed by atoms with Crippen LogP contribution in [0.3, 0.4) is 0 Å². The summed E-state index contributed by atoms with van der Waals surface area (Å²) in [7, 11) is 0. The van der Waals surface area contributed by atoms with Crippen LogP contribution in [0.25, 0.3) is 0 Å². The number of aliphatic hydroxyl groups excluding tert-OH is 1. The molecular weight excluding hydrogens is 228 g/mol. The molecule has 0 saturated heterocycles. The van der Waals surface area contributed by atoms with Crippen molar-refractivity contribution in [3.63, 3.8) is 0 Å². The minimum atomic E-state index is -0.843. The topological polar surface area (TPSA) is 76.2 Å². The Morgan fingerprint density at radius 2 is 2.17 bits per heavy atom. The zero-order valence-corrected chi connectivity index (χ0v) is 10.5. The summed E-state index contributed by atoms with van der Waals surface area (Å²) in [4.78, 5) is 16.0. The zero-order valence-electron chi connectivity index (χ0n) is 10.5. The van der Waals surface area contributed by atoms with Crippen molar-refractivity contribution in [2.45, 2.75) is 44.6 Å². The molecule has 0 bridgehead atoms. The summed E-state index contributed by atoms with van der Waals surface area (Å²) in [6, 6.07) is 1.68. The number of carbonyl (C=O) groups is 1. The van der Waals surface area contributed by atoms with Crippen LogP contribution < -0.4 is 5.73 Å². The van der Waals surface area contributed by atoms with E-state index in [0.717, 1.165) is 25.7 Å². The molecule has 1 heterocycles. The molecule has 1 aromatic rings. The van der Waals surface area contributed by atoms with Crippen LogP contribution >= 0.6 is 0 Å². The molecule has 1 saturated carbocycles. The SMILES string of the molecule is Nc1ccncc1CC(=O)C(O)C1CCCCC1. The highest BCUT2D eigenvalue weighted by atomic mass is 16.3. The van der Waals surface area contributed by atoms with Crippen LogP contribution in [0.4, 0.5) is 5.69 Å². The molecule has 1 unspecified atom stereocenters. The van der Waals surface area contributed by atoms with E-state index < -0.39 is 6.10 Å². The van der Waals surface area contributed by atoms with Crippen molar-refractivity contribution in [2.24, 2.45) is 5.92 Å². The van der Waals surface area contributed by atoms with Crippen molar-refractivity contribution in [3.8, 4) is 0 Å². The number of nitrogens with two attached hydrogens (primary N) is 1. The highest BCUT2D eigenvalue weighted by Crippen LogP contribution is 2.27. The molecule has 1 aliphatic rings. The lowest BCUT2D eigenvalue weighted by Crippen LogP contribution is -2.32. The molecule has 3 N–H and O–H groups in total. The molecule has 0 amide bonds. The van der Waals surface area contributed by atoms with Crippen LogP contribution in [0.5, 0.6) is 0 Å². The van der Waals surface area contributed by atoms with Gasteiger partial charge in [0, 0.05) is 30.1 Å². The lowest BCUT2D eigenvalue weighted by atomic mass is 9.83. The average molecular weight is 248 g/mol. The van der Waals surface area contributed by atoms with E-state index in [0.29, 0.717) is 11.3 Å². The molecule has 0 aromatic carbocycles. The number of aliphatic hydroxyl groups is 1.